The number of likely N-dealkylation sites (tertiary alicyclic amines) is 1. The molecular formula is C17H21N3O2S. The monoisotopic (exact) mass is 331 g/mol. The average molecular weight is 331 g/mol. The topological polar surface area (TPSA) is 65.5 Å². The Bertz CT molecular complexity index is 644. The number of hydrogen-bond acceptors (Lipinski definition) is 5. The van der Waals surface area contributed by atoms with Crippen LogP contribution in [0.15, 0.2) is 35.7 Å². The summed E-state index contributed by atoms with van der Waals surface area (Å²) in [5.41, 5.74) is 1.67. The predicted octanol–water partition coefficient (Wildman–Crippen LogP) is 2.03. The lowest BCUT2D eigenvalue weighted by Crippen LogP contribution is -2.31. The standard InChI is InChI=1S/C17H21N3O2S/c21-11-15-7-4-8-20(15)10-14-12-23-16(19-14)9-18-17(22)13-5-2-1-3-6-13/h1-3,5-6,12,15,21H,4,7-11H2,(H,18,22)/t15-/m1/s1. The molecule has 6 heteroatoms. The Morgan fingerprint density at radius 1 is 1.39 bits per heavy atom. The molecule has 0 saturated carbocycles. The van der Waals surface area contributed by atoms with Crippen molar-refractivity contribution in [3.63, 3.8) is 0 Å². The summed E-state index contributed by atoms with van der Waals surface area (Å²) < 4.78 is 0. The van der Waals surface area contributed by atoms with E-state index < -0.39 is 0 Å². The quantitative estimate of drug-likeness (QED) is 0.850. The maximum absolute atomic E-state index is 12.0. The molecular weight excluding hydrogens is 310 g/mol. The van der Waals surface area contributed by atoms with E-state index >= 15 is 0 Å². The van der Waals surface area contributed by atoms with E-state index in [0.29, 0.717) is 12.1 Å². The molecule has 2 N–H and O–H groups in total. The number of nitrogens with zero attached hydrogens (tertiary/aromatic N) is 2. The van der Waals surface area contributed by atoms with Crippen molar-refractivity contribution in [1.29, 1.82) is 0 Å². The Labute approximate surface area is 140 Å². The van der Waals surface area contributed by atoms with Crippen molar-refractivity contribution in [3.8, 4) is 0 Å². The van der Waals surface area contributed by atoms with E-state index in [-0.39, 0.29) is 18.6 Å². The second kappa shape index (κ2) is 7.68. The number of thiazole rings is 1. The fourth-order valence-corrected chi connectivity index (χ4v) is 3.59. The van der Waals surface area contributed by atoms with Crippen LogP contribution in [0.3, 0.4) is 0 Å². The molecule has 0 aliphatic carbocycles. The van der Waals surface area contributed by atoms with Gasteiger partial charge in [0.25, 0.3) is 5.91 Å². The number of hydrogen-bond donors (Lipinski definition) is 2. The van der Waals surface area contributed by atoms with Crippen LogP contribution in [0.4, 0.5) is 0 Å². The maximum atomic E-state index is 12.0. The largest absolute Gasteiger partial charge is 0.395 e. The van der Waals surface area contributed by atoms with Gasteiger partial charge in [0.1, 0.15) is 5.01 Å². The maximum Gasteiger partial charge on any atom is 0.251 e. The Kier molecular flexibility index (Phi) is 5.38. The summed E-state index contributed by atoms with van der Waals surface area (Å²) in [5.74, 6) is -0.0813. The first kappa shape index (κ1) is 16.1. The minimum absolute atomic E-state index is 0.0813. The number of rotatable bonds is 6. The van der Waals surface area contributed by atoms with Crippen LogP contribution in [-0.4, -0.2) is 40.1 Å². The number of carbonyl (C=O) groups is 1. The molecule has 2 aromatic rings. The van der Waals surface area contributed by atoms with Crippen molar-refractivity contribution in [2.24, 2.45) is 0 Å². The summed E-state index contributed by atoms with van der Waals surface area (Å²) in [4.78, 5) is 18.9. The van der Waals surface area contributed by atoms with Crippen molar-refractivity contribution in [3.05, 3.63) is 52.0 Å². The highest BCUT2D eigenvalue weighted by atomic mass is 32.1. The average Bonchev–Trinajstić information content (AvgIpc) is 3.23. The number of aliphatic hydroxyl groups excluding tert-OH is 1. The highest BCUT2D eigenvalue weighted by molar-refractivity contribution is 7.09. The molecule has 3 rings (SSSR count). The number of nitrogens with one attached hydrogen (secondary N) is 1. The van der Waals surface area contributed by atoms with Gasteiger partial charge >= 0.3 is 0 Å². The number of aliphatic hydroxyl groups is 1. The molecule has 0 spiro atoms. The van der Waals surface area contributed by atoms with Gasteiger partial charge < -0.3 is 10.4 Å². The van der Waals surface area contributed by atoms with E-state index in [0.717, 1.165) is 36.6 Å². The fraction of sp³-hybridized carbons (Fsp3) is 0.412. The molecule has 1 aromatic carbocycles. The third-order valence-corrected chi connectivity index (χ3v) is 5.01. The van der Waals surface area contributed by atoms with Crippen LogP contribution in [0.2, 0.25) is 0 Å². The van der Waals surface area contributed by atoms with Crippen LogP contribution in [-0.2, 0) is 13.1 Å². The number of benzene rings is 1. The van der Waals surface area contributed by atoms with Crippen LogP contribution in [0.25, 0.3) is 0 Å². The highest BCUT2D eigenvalue weighted by Crippen LogP contribution is 2.20. The van der Waals surface area contributed by atoms with Crippen LogP contribution in [0, 0.1) is 0 Å². The molecule has 0 bridgehead atoms. The van der Waals surface area contributed by atoms with Gasteiger partial charge in [-0.05, 0) is 31.5 Å². The molecule has 1 fully saturated rings. The third kappa shape index (κ3) is 4.16. The lowest BCUT2D eigenvalue weighted by molar-refractivity contribution is 0.0951. The van der Waals surface area contributed by atoms with Gasteiger partial charge in [0.2, 0.25) is 0 Å². The molecule has 122 valence electrons. The molecule has 1 aromatic heterocycles. The first-order valence-electron chi connectivity index (χ1n) is 7.87. The van der Waals surface area contributed by atoms with Crippen molar-refractivity contribution in [2.45, 2.75) is 32.0 Å². The second-order valence-corrected chi connectivity index (χ2v) is 6.67. The van der Waals surface area contributed by atoms with Crippen LogP contribution < -0.4 is 5.32 Å². The lowest BCUT2D eigenvalue weighted by Gasteiger charge is -2.21. The van der Waals surface area contributed by atoms with Crippen LogP contribution in [0.5, 0.6) is 0 Å². The zero-order valence-corrected chi connectivity index (χ0v) is 13.8. The third-order valence-electron chi connectivity index (χ3n) is 4.11. The van der Waals surface area contributed by atoms with Crippen molar-refractivity contribution in [1.82, 2.24) is 15.2 Å². The molecule has 1 saturated heterocycles. The molecule has 2 heterocycles. The molecule has 0 unspecified atom stereocenters. The Morgan fingerprint density at radius 3 is 3.00 bits per heavy atom. The van der Waals surface area contributed by atoms with Crippen LogP contribution in [0.1, 0.15) is 33.9 Å². The van der Waals surface area contributed by atoms with Crippen molar-refractivity contribution < 1.29 is 9.90 Å². The molecule has 1 atom stereocenters. The van der Waals surface area contributed by atoms with Crippen molar-refractivity contribution >= 4 is 17.2 Å². The van der Waals surface area contributed by atoms with Gasteiger partial charge in [-0.15, -0.1) is 11.3 Å². The first-order chi connectivity index (χ1) is 11.3. The Hall–Kier alpha value is -1.76. The molecule has 5 nitrogen and oxygen atoms in total. The van der Waals surface area contributed by atoms with E-state index in [4.69, 9.17) is 0 Å². The van der Waals surface area contributed by atoms with Gasteiger partial charge in [0.05, 0.1) is 18.8 Å². The van der Waals surface area contributed by atoms with Gasteiger partial charge in [-0.3, -0.25) is 9.69 Å². The van der Waals surface area contributed by atoms with Gasteiger partial charge in [-0.1, -0.05) is 18.2 Å². The van der Waals surface area contributed by atoms with E-state index in [1.807, 2.05) is 23.6 Å². The summed E-state index contributed by atoms with van der Waals surface area (Å²) >= 11 is 1.56. The molecule has 1 aliphatic rings. The summed E-state index contributed by atoms with van der Waals surface area (Å²) in [6, 6.07) is 9.45. The van der Waals surface area contributed by atoms with E-state index in [9.17, 15) is 9.90 Å². The number of amides is 1. The zero-order chi connectivity index (χ0) is 16.1. The lowest BCUT2D eigenvalue weighted by atomic mass is 10.2. The normalized spacial score (nSPS) is 18.2. The first-order valence-corrected chi connectivity index (χ1v) is 8.75. The second-order valence-electron chi connectivity index (χ2n) is 5.73. The number of carbonyl (C=O) groups excluding carboxylic acids is 1. The summed E-state index contributed by atoms with van der Waals surface area (Å²) in [6.07, 6.45) is 2.19. The van der Waals surface area contributed by atoms with Crippen LogP contribution >= 0.6 is 11.3 Å². The Balaban J connectivity index is 1.52. The molecule has 0 radical (unpaired) electrons. The van der Waals surface area contributed by atoms with Gasteiger partial charge in [-0.2, -0.15) is 0 Å². The van der Waals surface area contributed by atoms with E-state index in [1.165, 1.54) is 0 Å². The predicted molar refractivity (Wildman–Crippen MR) is 90.2 cm³/mol. The molecule has 23 heavy (non-hydrogen) atoms. The fourth-order valence-electron chi connectivity index (χ4n) is 2.87. The summed E-state index contributed by atoms with van der Waals surface area (Å²) in [6.45, 7) is 2.45. The van der Waals surface area contributed by atoms with E-state index in [1.54, 1.807) is 23.5 Å². The van der Waals surface area contributed by atoms with E-state index in [2.05, 4.69) is 15.2 Å². The minimum Gasteiger partial charge on any atom is -0.395 e. The summed E-state index contributed by atoms with van der Waals surface area (Å²) in [5, 5.41) is 15.2. The minimum atomic E-state index is -0.0813. The highest BCUT2D eigenvalue weighted by Gasteiger charge is 2.24. The summed E-state index contributed by atoms with van der Waals surface area (Å²) in [7, 11) is 0. The zero-order valence-electron chi connectivity index (χ0n) is 12.9. The molecule has 1 aliphatic heterocycles. The number of aromatic nitrogens is 1. The SMILES string of the molecule is O=C(NCc1nc(CN2CCC[C@@H]2CO)cs1)c1ccccc1. The van der Waals surface area contributed by atoms with Gasteiger partial charge in [0.15, 0.2) is 0 Å². The Morgan fingerprint density at radius 2 is 2.22 bits per heavy atom. The van der Waals surface area contributed by atoms with Gasteiger partial charge in [-0.25, -0.2) is 4.98 Å². The van der Waals surface area contributed by atoms with Gasteiger partial charge in [0, 0.05) is 23.5 Å². The smallest absolute Gasteiger partial charge is 0.251 e. The van der Waals surface area contributed by atoms with Crippen molar-refractivity contribution in [2.75, 3.05) is 13.2 Å². The molecule has 1 amide bonds.